The minimum absolute atomic E-state index is 0.248. The van der Waals surface area contributed by atoms with Gasteiger partial charge in [0.05, 0.1) is 5.41 Å². The largest absolute Gasteiger partial charge is 0.278 e. The van der Waals surface area contributed by atoms with Crippen LogP contribution in [0.15, 0.2) is 48.5 Å². The lowest BCUT2D eigenvalue weighted by Gasteiger charge is -2.41. The van der Waals surface area contributed by atoms with Crippen LogP contribution >= 0.6 is 47.6 Å². The van der Waals surface area contributed by atoms with Gasteiger partial charge in [-0.3, -0.25) is 29.6 Å². The fourth-order valence-electron chi connectivity index (χ4n) is 3.00. The average Bonchev–Trinajstić information content (AvgIpc) is 2.81. The van der Waals surface area contributed by atoms with Crippen molar-refractivity contribution in [2.75, 3.05) is 28.2 Å². The molecule has 0 aliphatic carbocycles. The average molecular weight is 526 g/mol. The van der Waals surface area contributed by atoms with Crippen molar-refractivity contribution in [3.05, 3.63) is 69.7 Å². The minimum Gasteiger partial charge on any atom is -0.278 e. The van der Waals surface area contributed by atoms with Crippen LogP contribution < -0.4 is 0 Å². The molecule has 0 spiro atoms. The number of halogens is 2. The Balaban J connectivity index is 2.16. The molecule has 2 aromatic carbocycles. The van der Waals surface area contributed by atoms with E-state index in [0.29, 0.717) is 31.1 Å². The molecule has 2 amide bonds. The molecule has 0 unspecified atom stereocenters. The molecule has 6 nitrogen and oxygen atoms in total. The maximum atomic E-state index is 12.9. The molecule has 0 aliphatic rings. The highest BCUT2D eigenvalue weighted by molar-refractivity contribution is 7.82. The molecule has 0 bridgehead atoms. The SMILES string of the molecule is CN(C(=O)c1ccc(Cl)cc1)N(C)C(=S)C(C)(C)C(=S)N(C)N(C)C(=O)c1ccc(Cl)cc1. The van der Waals surface area contributed by atoms with E-state index < -0.39 is 5.41 Å². The quantitative estimate of drug-likeness (QED) is 0.404. The highest BCUT2D eigenvalue weighted by Crippen LogP contribution is 2.26. The standard InChI is InChI=1S/C23H26Cl2N4O2S2/c1-23(2,21(32)28(5)26(3)19(30)15-7-11-17(24)12-8-15)22(33)29(6)27(4)20(31)16-9-13-18(25)14-10-16/h7-14H,1-6H3. The van der Waals surface area contributed by atoms with Gasteiger partial charge >= 0.3 is 0 Å². The van der Waals surface area contributed by atoms with E-state index in [1.54, 1.807) is 86.7 Å². The Morgan fingerprint density at radius 1 is 0.636 bits per heavy atom. The van der Waals surface area contributed by atoms with E-state index in [1.807, 2.05) is 13.8 Å². The van der Waals surface area contributed by atoms with Gasteiger partial charge in [-0.1, -0.05) is 47.6 Å². The molecule has 33 heavy (non-hydrogen) atoms. The second kappa shape index (κ2) is 10.8. The number of nitrogens with zero attached hydrogens (tertiary/aromatic N) is 4. The molecule has 0 aromatic heterocycles. The normalized spacial score (nSPS) is 10.9. The predicted molar refractivity (Wildman–Crippen MR) is 142 cm³/mol. The van der Waals surface area contributed by atoms with Gasteiger partial charge in [-0.25, -0.2) is 0 Å². The summed E-state index contributed by atoms with van der Waals surface area (Å²) in [6, 6.07) is 13.2. The summed E-state index contributed by atoms with van der Waals surface area (Å²) in [4.78, 5) is 26.6. The summed E-state index contributed by atoms with van der Waals surface area (Å²) in [6.45, 7) is 3.71. The molecular formula is C23H26Cl2N4O2S2. The van der Waals surface area contributed by atoms with Crippen LogP contribution in [0.25, 0.3) is 0 Å². The zero-order valence-corrected chi connectivity index (χ0v) is 22.4. The highest BCUT2D eigenvalue weighted by Gasteiger charge is 2.37. The second-order valence-corrected chi connectivity index (χ2v) is 9.60. The molecule has 0 saturated carbocycles. The summed E-state index contributed by atoms with van der Waals surface area (Å²) >= 11 is 23.3. The third-order valence-electron chi connectivity index (χ3n) is 5.33. The van der Waals surface area contributed by atoms with E-state index in [9.17, 15) is 9.59 Å². The van der Waals surface area contributed by atoms with E-state index in [0.717, 1.165) is 0 Å². The number of carbonyl (C=O) groups excluding carboxylic acids is 2. The van der Waals surface area contributed by atoms with Crippen LogP contribution in [0.3, 0.4) is 0 Å². The molecule has 10 heteroatoms. The lowest BCUT2D eigenvalue weighted by molar-refractivity contribution is 0.0459. The van der Waals surface area contributed by atoms with Crippen LogP contribution in [0.2, 0.25) is 10.0 Å². The summed E-state index contributed by atoms with van der Waals surface area (Å²) in [5, 5.41) is 7.08. The number of hydrogen-bond donors (Lipinski definition) is 0. The van der Waals surface area contributed by atoms with Gasteiger partial charge in [0.25, 0.3) is 11.8 Å². The molecule has 2 rings (SSSR count). The van der Waals surface area contributed by atoms with E-state index in [-0.39, 0.29) is 11.8 Å². The Hall–Kier alpha value is -2.26. The Bertz CT molecular complexity index is 976. The van der Waals surface area contributed by atoms with Gasteiger partial charge in [0.2, 0.25) is 0 Å². The molecule has 0 saturated heterocycles. The van der Waals surface area contributed by atoms with E-state index in [1.165, 1.54) is 10.0 Å². The van der Waals surface area contributed by atoms with Crippen molar-refractivity contribution in [2.24, 2.45) is 5.41 Å². The van der Waals surface area contributed by atoms with E-state index in [2.05, 4.69) is 0 Å². The predicted octanol–water partition coefficient (Wildman–Crippen LogP) is 5.21. The highest BCUT2D eigenvalue weighted by atomic mass is 35.5. The number of rotatable bonds is 4. The van der Waals surface area contributed by atoms with Crippen LogP contribution in [0.1, 0.15) is 34.6 Å². The topological polar surface area (TPSA) is 47.1 Å². The van der Waals surface area contributed by atoms with Gasteiger partial charge in [-0.2, -0.15) is 0 Å². The molecule has 0 atom stereocenters. The van der Waals surface area contributed by atoms with Crippen LogP contribution in [0.5, 0.6) is 0 Å². The van der Waals surface area contributed by atoms with Gasteiger partial charge in [0.1, 0.15) is 9.98 Å². The number of hydrogen-bond acceptors (Lipinski definition) is 4. The first kappa shape index (κ1) is 27.0. The fraction of sp³-hybridized carbons (Fsp3) is 0.304. The minimum atomic E-state index is -0.836. The molecular weight excluding hydrogens is 499 g/mol. The first-order valence-corrected chi connectivity index (χ1v) is 11.5. The van der Waals surface area contributed by atoms with Crippen molar-refractivity contribution in [1.29, 1.82) is 0 Å². The van der Waals surface area contributed by atoms with Gasteiger partial charge in [0.15, 0.2) is 0 Å². The van der Waals surface area contributed by atoms with Gasteiger partial charge < -0.3 is 0 Å². The van der Waals surface area contributed by atoms with Crippen molar-refractivity contribution >= 4 is 69.4 Å². The number of thiocarbonyl (C=S) groups is 2. The van der Waals surface area contributed by atoms with Crippen molar-refractivity contribution in [3.8, 4) is 0 Å². The molecule has 0 fully saturated rings. The van der Waals surface area contributed by atoms with E-state index >= 15 is 0 Å². The smallest absolute Gasteiger partial charge is 0.272 e. The van der Waals surface area contributed by atoms with Crippen LogP contribution in [0.4, 0.5) is 0 Å². The van der Waals surface area contributed by atoms with Gasteiger partial charge in [0, 0.05) is 49.4 Å². The number of carbonyl (C=O) groups is 2. The van der Waals surface area contributed by atoms with Gasteiger partial charge in [-0.05, 0) is 62.4 Å². The van der Waals surface area contributed by atoms with Crippen molar-refractivity contribution in [2.45, 2.75) is 13.8 Å². The third-order valence-corrected chi connectivity index (χ3v) is 7.38. The molecule has 0 heterocycles. The lowest BCUT2D eigenvalue weighted by atomic mass is 9.92. The summed E-state index contributed by atoms with van der Waals surface area (Å²) < 4.78 is 0. The lowest BCUT2D eigenvalue weighted by Crippen LogP contribution is -2.56. The Labute approximate surface area is 215 Å². The monoisotopic (exact) mass is 524 g/mol. The van der Waals surface area contributed by atoms with Crippen molar-refractivity contribution in [1.82, 2.24) is 20.0 Å². The fourth-order valence-corrected chi connectivity index (χ4v) is 3.76. The maximum Gasteiger partial charge on any atom is 0.272 e. The van der Waals surface area contributed by atoms with Crippen LogP contribution in [-0.2, 0) is 0 Å². The van der Waals surface area contributed by atoms with Crippen molar-refractivity contribution < 1.29 is 9.59 Å². The molecule has 0 N–H and O–H groups in total. The number of amides is 2. The zero-order valence-electron chi connectivity index (χ0n) is 19.3. The summed E-state index contributed by atoms with van der Waals surface area (Å²) in [5.41, 5.74) is 0.113. The Morgan fingerprint density at radius 3 is 1.18 bits per heavy atom. The third kappa shape index (κ3) is 6.00. The number of hydrazine groups is 2. The van der Waals surface area contributed by atoms with Crippen molar-refractivity contribution in [3.63, 3.8) is 0 Å². The van der Waals surface area contributed by atoms with Gasteiger partial charge in [-0.15, -0.1) is 0 Å². The summed E-state index contributed by atoms with van der Waals surface area (Å²) in [7, 11) is 6.65. The zero-order chi connectivity index (χ0) is 25.1. The molecule has 0 radical (unpaired) electrons. The first-order chi connectivity index (χ1) is 15.3. The maximum absolute atomic E-state index is 12.9. The Morgan fingerprint density at radius 2 is 0.909 bits per heavy atom. The van der Waals surface area contributed by atoms with Crippen LogP contribution in [-0.4, -0.2) is 70.0 Å². The van der Waals surface area contributed by atoms with Crippen LogP contribution in [0, 0.1) is 5.41 Å². The molecule has 176 valence electrons. The second-order valence-electron chi connectivity index (χ2n) is 7.95. The summed E-state index contributed by atoms with van der Waals surface area (Å²) in [5.74, 6) is -0.497. The molecule has 2 aromatic rings. The van der Waals surface area contributed by atoms with E-state index in [4.69, 9.17) is 47.6 Å². The first-order valence-electron chi connectivity index (χ1n) is 9.92. The summed E-state index contributed by atoms with van der Waals surface area (Å²) in [6.07, 6.45) is 0. The Kier molecular flexibility index (Phi) is 8.81. The molecule has 0 aliphatic heterocycles. The number of benzene rings is 2.